The van der Waals surface area contributed by atoms with Crippen molar-refractivity contribution >= 4 is 18.3 Å². The highest BCUT2D eigenvalue weighted by Crippen LogP contribution is 2.06. The minimum Gasteiger partial charge on any atom is -0.391 e. The molecule has 2 unspecified atom stereocenters. The second kappa shape index (κ2) is 8.92. The van der Waals surface area contributed by atoms with Gasteiger partial charge >= 0.3 is 0 Å². The van der Waals surface area contributed by atoms with Gasteiger partial charge in [-0.3, -0.25) is 4.79 Å². The third-order valence-corrected chi connectivity index (χ3v) is 3.21. The van der Waals surface area contributed by atoms with E-state index in [1.165, 1.54) is 0 Å². The Morgan fingerprint density at radius 3 is 2.75 bits per heavy atom. The molecule has 0 radical (unpaired) electrons. The summed E-state index contributed by atoms with van der Waals surface area (Å²) in [6, 6.07) is 9.73. The molecule has 3 N–H and O–H groups in total. The Balaban J connectivity index is 0.00000200. The number of β-amino-alcohol motifs (C(OH)–C–C–N with tert-alkyl or cyclic N) is 1. The van der Waals surface area contributed by atoms with E-state index in [1.807, 2.05) is 30.3 Å². The van der Waals surface area contributed by atoms with Crippen LogP contribution in [0.25, 0.3) is 0 Å². The van der Waals surface area contributed by atoms with Crippen LogP contribution in [0.3, 0.4) is 0 Å². The predicted octanol–water partition coefficient (Wildman–Crippen LogP) is 0.321. The topological polar surface area (TPSA) is 70.6 Å². The summed E-state index contributed by atoms with van der Waals surface area (Å²) in [4.78, 5) is 11.6. The molecule has 1 amide bonds. The average Bonchev–Trinajstić information content (AvgIpc) is 2.83. The Kier molecular flexibility index (Phi) is 7.54. The molecule has 1 aromatic rings. The summed E-state index contributed by atoms with van der Waals surface area (Å²) in [5.41, 5.74) is 1.05. The van der Waals surface area contributed by atoms with Crippen LogP contribution in [-0.4, -0.2) is 43.4 Å². The Morgan fingerprint density at radius 1 is 1.35 bits per heavy atom. The second-order valence-electron chi connectivity index (χ2n) is 4.77. The summed E-state index contributed by atoms with van der Waals surface area (Å²) in [6.45, 7) is 2.31. The van der Waals surface area contributed by atoms with Gasteiger partial charge in [0.25, 0.3) is 0 Å². The van der Waals surface area contributed by atoms with Gasteiger partial charge in [-0.2, -0.15) is 0 Å². The second-order valence-corrected chi connectivity index (χ2v) is 4.77. The Labute approximate surface area is 125 Å². The molecular weight excluding hydrogens is 280 g/mol. The molecule has 1 aliphatic heterocycles. The van der Waals surface area contributed by atoms with Crippen molar-refractivity contribution in [2.45, 2.75) is 12.7 Å². The molecule has 1 heterocycles. The molecule has 0 bridgehead atoms. The molecule has 5 nitrogen and oxygen atoms in total. The fraction of sp³-hybridized carbons (Fsp3) is 0.500. The number of ether oxygens (including phenoxy) is 1. The first-order valence-corrected chi connectivity index (χ1v) is 6.53. The number of aliphatic hydroxyl groups excluding tert-OH is 1. The van der Waals surface area contributed by atoms with Gasteiger partial charge in [0.1, 0.15) is 6.61 Å². The summed E-state index contributed by atoms with van der Waals surface area (Å²) >= 11 is 0. The number of rotatable bonds is 6. The van der Waals surface area contributed by atoms with Crippen molar-refractivity contribution in [1.82, 2.24) is 10.6 Å². The van der Waals surface area contributed by atoms with Crippen molar-refractivity contribution in [3.8, 4) is 0 Å². The maximum Gasteiger partial charge on any atom is 0.246 e. The number of hydrogen-bond acceptors (Lipinski definition) is 4. The molecule has 2 atom stereocenters. The van der Waals surface area contributed by atoms with E-state index in [0.29, 0.717) is 19.7 Å². The van der Waals surface area contributed by atoms with Crippen LogP contribution >= 0.6 is 12.4 Å². The van der Waals surface area contributed by atoms with Crippen molar-refractivity contribution in [2.24, 2.45) is 5.92 Å². The molecule has 1 fully saturated rings. The summed E-state index contributed by atoms with van der Waals surface area (Å²) < 4.78 is 5.33. The lowest BCUT2D eigenvalue weighted by Crippen LogP contribution is -2.36. The van der Waals surface area contributed by atoms with Gasteiger partial charge in [-0.15, -0.1) is 12.4 Å². The Hall–Kier alpha value is -1.14. The zero-order valence-corrected chi connectivity index (χ0v) is 12.1. The highest BCUT2D eigenvalue weighted by atomic mass is 35.5. The smallest absolute Gasteiger partial charge is 0.246 e. The lowest BCUT2D eigenvalue weighted by atomic mass is 10.1. The quantitative estimate of drug-likeness (QED) is 0.708. The lowest BCUT2D eigenvalue weighted by molar-refractivity contribution is -0.126. The molecule has 2 rings (SSSR count). The van der Waals surface area contributed by atoms with Gasteiger partial charge in [-0.25, -0.2) is 0 Å². The number of aliphatic hydroxyl groups is 1. The normalized spacial score (nSPS) is 21.2. The van der Waals surface area contributed by atoms with Crippen LogP contribution in [0.1, 0.15) is 5.56 Å². The minimum atomic E-state index is -0.370. The van der Waals surface area contributed by atoms with E-state index < -0.39 is 0 Å². The average molecular weight is 301 g/mol. The first-order chi connectivity index (χ1) is 9.25. The molecule has 1 saturated heterocycles. The number of carbonyl (C=O) groups excluding carboxylic acids is 1. The monoisotopic (exact) mass is 300 g/mol. The number of carbonyl (C=O) groups is 1. The van der Waals surface area contributed by atoms with Crippen LogP contribution in [-0.2, 0) is 16.1 Å². The van der Waals surface area contributed by atoms with Gasteiger partial charge in [-0.05, 0) is 5.56 Å². The van der Waals surface area contributed by atoms with Crippen LogP contribution in [0, 0.1) is 5.92 Å². The SMILES string of the molecule is Cl.O=C(COCc1ccccc1)NCC1CNCC1O. The van der Waals surface area contributed by atoms with Gasteiger partial charge < -0.3 is 20.5 Å². The lowest BCUT2D eigenvalue weighted by Gasteiger charge is -2.14. The first kappa shape index (κ1) is 16.9. The Morgan fingerprint density at radius 2 is 2.10 bits per heavy atom. The van der Waals surface area contributed by atoms with Crippen LogP contribution in [0.2, 0.25) is 0 Å². The zero-order chi connectivity index (χ0) is 13.5. The van der Waals surface area contributed by atoms with Crippen molar-refractivity contribution < 1.29 is 14.6 Å². The molecule has 1 aromatic carbocycles. The van der Waals surface area contributed by atoms with E-state index in [1.54, 1.807) is 0 Å². The van der Waals surface area contributed by atoms with Gasteiger partial charge in [0.15, 0.2) is 0 Å². The summed E-state index contributed by atoms with van der Waals surface area (Å²) in [7, 11) is 0. The molecule has 0 spiro atoms. The fourth-order valence-electron chi connectivity index (χ4n) is 2.06. The molecule has 6 heteroatoms. The standard InChI is InChI=1S/C14H20N2O3.ClH/c17-13-8-15-6-12(13)7-16-14(18)10-19-9-11-4-2-1-3-5-11;/h1-5,12-13,15,17H,6-10H2,(H,16,18);1H. The van der Waals surface area contributed by atoms with Crippen molar-refractivity contribution in [1.29, 1.82) is 0 Å². The molecular formula is C14H21ClN2O3. The summed E-state index contributed by atoms with van der Waals surface area (Å²) in [5, 5.41) is 15.4. The van der Waals surface area contributed by atoms with E-state index >= 15 is 0 Å². The van der Waals surface area contributed by atoms with E-state index in [-0.39, 0.29) is 36.9 Å². The van der Waals surface area contributed by atoms with E-state index in [9.17, 15) is 9.90 Å². The van der Waals surface area contributed by atoms with Crippen molar-refractivity contribution in [2.75, 3.05) is 26.2 Å². The third kappa shape index (κ3) is 5.46. The fourth-order valence-corrected chi connectivity index (χ4v) is 2.06. The number of benzene rings is 1. The van der Waals surface area contributed by atoms with Crippen LogP contribution in [0.4, 0.5) is 0 Å². The van der Waals surface area contributed by atoms with Crippen LogP contribution in [0.15, 0.2) is 30.3 Å². The summed E-state index contributed by atoms with van der Waals surface area (Å²) in [5.74, 6) is -0.0481. The zero-order valence-electron chi connectivity index (χ0n) is 11.2. The van der Waals surface area contributed by atoms with E-state index in [4.69, 9.17) is 4.74 Å². The van der Waals surface area contributed by atoms with E-state index in [0.717, 1.165) is 12.1 Å². The highest BCUT2D eigenvalue weighted by Gasteiger charge is 2.24. The molecule has 0 aromatic heterocycles. The molecule has 1 aliphatic rings. The van der Waals surface area contributed by atoms with Crippen LogP contribution in [0.5, 0.6) is 0 Å². The minimum absolute atomic E-state index is 0. The maximum atomic E-state index is 11.6. The van der Waals surface area contributed by atoms with Crippen molar-refractivity contribution in [3.05, 3.63) is 35.9 Å². The van der Waals surface area contributed by atoms with Gasteiger partial charge in [0, 0.05) is 25.6 Å². The van der Waals surface area contributed by atoms with Gasteiger partial charge in [-0.1, -0.05) is 30.3 Å². The number of halogens is 1. The highest BCUT2D eigenvalue weighted by molar-refractivity contribution is 5.85. The maximum absolute atomic E-state index is 11.6. The predicted molar refractivity (Wildman–Crippen MR) is 78.7 cm³/mol. The number of hydrogen-bond donors (Lipinski definition) is 3. The molecule has 0 saturated carbocycles. The number of amides is 1. The molecule has 20 heavy (non-hydrogen) atoms. The van der Waals surface area contributed by atoms with Crippen molar-refractivity contribution in [3.63, 3.8) is 0 Å². The largest absolute Gasteiger partial charge is 0.391 e. The first-order valence-electron chi connectivity index (χ1n) is 6.53. The number of nitrogens with one attached hydrogen (secondary N) is 2. The van der Waals surface area contributed by atoms with E-state index in [2.05, 4.69) is 10.6 Å². The van der Waals surface area contributed by atoms with Gasteiger partial charge in [0.2, 0.25) is 5.91 Å². The molecule has 0 aliphatic carbocycles. The summed E-state index contributed by atoms with van der Waals surface area (Å²) in [6.07, 6.45) is -0.370. The van der Waals surface area contributed by atoms with Gasteiger partial charge in [0.05, 0.1) is 12.7 Å². The molecule has 112 valence electrons. The Bertz CT molecular complexity index is 403. The van der Waals surface area contributed by atoms with Crippen LogP contribution < -0.4 is 10.6 Å². The third-order valence-electron chi connectivity index (χ3n) is 3.21.